The van der Waals surface area contributed by atoms with Crippen molar-refractivity contribution >= 4 is 28.5 Å². The monoisotopic (exact) mass is 511 g/mol. The van der Waals surface area contributed by atoms with Crippen LogP contribution in [0, 0.1) is 11.8 Å². The van der Waals surface area contributed by atoms with Crippen LogP contribution >= 0.6 is 0 Å². The highest BCUT2D eigenvalue weighted by molar-refractivity contribution is 5.94. The molecule has 2 N–H and O–H groups in total. The van der Waals surface area contributed by atoms with Crippen molar-refractivity contribution in [2.24, 2.45) is 0 Å². The molecule has 4 heterocycles. The zero-order chi connectivity index (χ0) is 26.1. The predicted octanol–water partition coefficient (Wildman–Crippen LogP) is 1.75. The highest BCUT2D eigenvalue weighted by Crippen LogP contribution is 2.23. The van der Waals surface area contributed by atoms with Gasteiger partial charge in [0.25, 0.3) is 11.5 Å². The van der Waals surface area contributed by atoms with Crippen LogP contribution in [-0.2, 0) is 17.8 Å². The van der Waals surface area contributed by atoms with Crippen molar-refractivity contribution in [1.82, 2.24) is 30.3 Å². The van der Waals surface area contributed by atoms with E-state index in [9.17, 15) is 18.8 Å². The van der Waals surface area contributed by atoms with Crippen LogP contribution in [0.4, 0.5) is 14.5 Å². The minimum Gasteiger partial charge on any atom is -0.365 e. The van der Waals surface area contributed by atoms with E-state index in [2.05, 4.69) is 20.4 Å². The second kappa shape index (κ2) is 10.2. The molecule has 0 bridgehead atoms. The number of aromatic nitrogens is 3. The standard InChI is InChI=1S/C25H27F2N7O3/c1-2-16-24(36)30-22-17(28-16)6-5-15(21(22)26)14-32-10-12-33(13-11-32)19-8-7-18(29-23(19)27)25(37)31-34-9-3-4-20(34)35/h5-8H,2-4,9-14H2,1H3,(H,30,36)(H,31,37). The Morgan fingerprint density at radius 3 is 2.51 bits per heavy atom. The average Bonchev–Trinajstić information content (AvgIpc) is 3.30. The maximum atomic E-state index is 15.1. The van der Waals surface area contributed by atoms with Gasteiger partial charge in [-0.2, -0.15) is 4.39 Å². The number of aromatic amines is 1. The fourth-order valence-corrected chi connectivity index (χ4v) is 4.69. The molecule has 12 heteroatoms. The summed E-state index contributed by atoms with van der Waals surface area (Å²) in [6, 6.07) is 6.33. The van der Waals surface area contributed by atoms with Crippen molar-refractivity contribution in [1.29, 1.82) is 0 Å². The SMILES string of the molecule is CCc1nc2ccc(CN3CCN(c4ccc(C(=O)NN5CCCC5=O)nc4F)CC3)c(F)c2[nH]c1=O. The van der Waals surface area contributed by atoms with E-state index < -0.39 is 17.7 Å². The molecule has 0 spiro atoms. The van der Waals surface area contributed by atoms with Gasteiger partial charge < -0.3 is 9.88 Å². The number of benzene rings is 1. The van der Waals surface area contributed by atoms with E-state index in [1.807, 2.05) is 16.7 Å². The molecule has 2 aliphatic heterocycles. The number of carbonyl (C=O) groups excluding carboxylic acids is 2. The first-order valence-corrected chi connectivity index (χ1v) is 12.3. The average molecular weight is 512 g/mol. The van der Waals surface area contributed by atoms with E-state index in [0.29, 0.717) is 75.3 Å². The number of halogens is 2. The molecule has 2 amide bonds. The Kier molecular flexibility index (Phi) is 6.83. The van der Waals surface area contributed by atoms with Gasteiger partial charge in [0, 0.05) is 51.3 Å². The predicted molar refractivity (Wildman–Crippen MR) is 132 cm³/mol. The molecule has 2 aliphatic rings. The first-order chi connectivity index (χ1) is 17.8. The number of hydrazine groups is 1. The second-order valence-corrected chi connectivity index (χ2v) is 9.16. The van der Waals surface area contributed by atoms with Gasteiger partial charge in [-0.15, -0.1) is 0 Å². The molecule has 10 nitrogen and oxygen atoms in total. The van der Waals surface area contributed by atoms with Crippen LogP contribution in [0.25, 0.3) is 11.0 Å². The number of amides is 2. The molecule has 2 aromatic heterocycles. The van der Waals surface area contributed by atoms with Crippen molar-refractivity contribution in [3.05, 3.63) is 63.3 Å². The van der Waals surface area contributed by atoms with E-state index in [-0.39, 0.29) is 28.4 Å². The normalized spacial score (nSPS) is 16.6. The maximum absolute atomic E-state index is 15.1. The molecule has 0 radical (unpaired) electrons. The first-order valence-electron chi connectivity index (χ1n) is 12.3. The lowest BCUT2D eigenvalue weighted by Gasteiger charge is -2.36. The van der Waals surface area contributed by atoms with E-state index in [1.54, 1.807) is 12.1 Å². The molecule has 1 aromatic carbocycles. The minimum absolute atomic E-state index is 0.102. The van der Waals surface area contributed by atoms with E-state index in [0.717, 1.165) is 0 Å². The third kappa shape index (κ3) is 5.01. The third-order valence-corrected chi connectivity index (χ3v) is 6.77. The smallest absolute Gasteiger partial charge is 0.288 e. The number of nitrogens with zero attached hydrogens (tertiary/aromatic N) is 5. The van der Waals surface area contributed by atoms with Crippen molar-refractivity contribution in [2.45, 2.75) is 32.7 Å². The molecule has 2 fully saturated rings. The lowest BCUT2D eigenvalue weighted by Crippen LogP contribution is -2.46. The summed E-state index contributed by atoms with van der Waals surface area (Å²) in [5, 5.41) is 1.23. The molecular weight excluding hydrogens is 484 g/mol. The van der Waals surface area contributed by atoms with Gasteiger partial charge in [-0.3, -0.25) is 29.7 Å². The number of nitrogens with one attached hydrogen (secondary N) is 2. The van der Waals surface area contributed by atoms with Crippen LogP contribution in [0.1, 0.15) is 41.5 Å². The van der Waals surface area contributed by atoms with Crippen LogP contribution in [0.2, 0.25) is 0 Å². The van der Waals surface area contributed by atoms with Crippen molar-refractivity contribution in [2.75, 3.05) is 37.6 Å². The fraction of sp³-hybridized carbons (Fsp3) is 0.400. The molecule has 0 aliphatic carbocycles. The summed E-state index contributed by atoms with van der Waals surface area (Å²) in [5.41, 5.74) is 3.58. The molecule has 0 atom stereocenters. The fourth-order valence-electron chi connectivity index (χ4n) is 4.69. The Morgan fingerprint density at radius 2 is 1.84 bits per heavy atom. The molecule has 0 saturated carbocycles. The molecule has 5 rings (SSSR count). The van der Waals surface area contributed by atoms with Gasteiger partial charge in [0.1, 0.15) is 16.9 Å². The lowest BCUT2D eigenvalue weighted by molar-refractivity contribution is -0.129. The summed E-state index contributed by atoms with van der Waals surface area (Å²) >= 11 is 0. The third-order valence-electron chi connectivity index (χ3n) is 6.77. The number of anilines is 1. The van der Waals surface area contributed by atoms with Crippen molar-refractivity contribution in [3.63, 3.8) is 0 Å². The number of rotatable bonds is 6. The molecule has 2 saturated heterocycles. The van der Waals surface area contributed by atoms with Crippen molar-refractivity contribution < 1.29 is 18.4 Å². The number of hydrogen-bond acceptors (Lipinski definition) is 7. The van der Waals surface area contributed by atoms with Crippen LogP contribution in [0.15, 0.2) is 29.1 Å². The Morgan fingerprint density at radius 1 is 1.05 bits per heavy atom. The van der Waals surface area contributed by atoms with Crippen molar-refractivity contribution in [3.8, 4) is 0 Å². The van der Waals surface area contributed by atoms with Gasteiger partial charge >= 0.3 is 0 Å². The Hall–Kier alpha value is -3.93. The topological polar surface area (TPSA) is 115 Å². The zero-order valence-electron chi connectivity index (χ0n) is 20.4. The molecule has 37 heavy (non-hydrogen) atoms. The van der Waals surface area contributed by atoms with Gasteiger partial charge in [-0.05, 0) is 31.0 Å². The number of H-pyrrole nitrogens is 1. The van der Waals surface area contributed by atoms with Gasteiger partial charge in [-0.1, -0.05) is 13.0 Å². The number of piperazine rings is 1. The summed E-state index contributed by atoms with van der Waals surface area (Å²) in [6.07, 6.45) is 1.50. The lowest BCUT2D eigenvalue weighted by atomic mass is 10.1. The number of carbonyl (C=O) groups is 2. The molecular formula is C25H27F2N7O3. The Bertz CT molecular complexity index is 1420. The minimum atomic E-state index is -0.766. The highest BCUT2D eigenvalue weighted by Gasteiger charge is 2.25. The largest absolute Gasteiger partial charge is 0.365 e. The summed E-state index contributed by atoms with van der Waals surface area (Å²) < 4.78 is 29.9. The summed E-state index contributed by atoms with van der Waals surface area (Å²) in [4.78, 5) is 50.7. The summed E-state index contributed by atoms with van der Waals surface area (Å²) in [6.45, 7) is 4.66. The molecule has 0 unspecified atom stereocenters. The number of aryl methyl sites for hydroxylation is 1. The van der Waals surface area contributed by atoms with Gasteiger partial charge in [0.15, 0.2) is 5.82 Å². The van der Waals surface area contributed by atoms with Crippen LogP contribution in [0.5, 0.6) is 0 Å². The number of fused-ring (bicyclic) bond motifs is 1. The molecule has 3 aromatic rings. The van der Waals surface area contributed by atoms with Crippen LogP contribution < -0.4 is 15.9 Å². The van der Waals surface area contributed by atoms with Gasteiger partial charge in [-0.25, -0.2) is 14.4 Å². The summed E-state index contributed by atoms with van der Waals surface area (Å²) in [5.74, 6) is -2.07. The van der Waals surface area contributed by atoms with Crippen LogP contribution in [-0.4, -0.2) is 69.4 Å². The Balaban J connectivity index is 1.22. The zero-order valence-corrected chi connectivity index (χ0v) is 20.4. The van der Waals surface area contributed by atoms with Gasteiger partial charge in [0.05, 0.1) is 11.2 Å². The Labute approximate surface area is 211 Å². The number of pyridine rings is 1. The van der Waals surface area contributed by atoms with E-state index in [1.165, 1.54) is 17.1 Å². The number of hydrogen-bond donors (Lipinski definition) is 2. The maximum Gasteiger partial charge on any atom is 0.288 e. The van der Waals surface area contributed by atoms with Gasteiger partial charge in [0.2, 0.25) is 11.9 Å². The van der Waals surface area contributed by atoms with E-state index >= 15 is 4.39 Å². The quantitative estimate of drug-likeness (QED) is 0.485. The molecule has 194 valence electrons. The van der Waals surface area contributed by atoms with Crippen LogP contribution in [0.3, 0.4) is 0 Å². The second-order valence-electron chi connectivity index (χ2n) is 9.16. The van der Waals surface area contributed by atoms with E-state index in [4.69, 9.17) is 0 Å². The highest BCUT2D eigenvalue weighted by atomic mass is 19.1. The first kappa shape index (κ1) is 24.8. The summed E-state index contributed by atoms with van der Waals surface area (Å²) in [7, 11) is 0.